The number of nitrogens with zero attached hydrogens (tertiary/aromatic N) is 6. The molecule has 0 bridgehead atoms. The van der Waals surface area contributed by atoms with Crippen molar-refractivity contribution in [1.82, 2.24) is 9.80 Å². The molecular weight excluding hydrogens is 1060 g/mol. The summed E-state index contributed by atoms with van der Waals surface area (Å²) in [5.74, 6) is 1.25. The summed E-state index contributed by atoms with van der Waals surface area (Å²) < 4.78 is 0. The summed E-state index contributed by atoms with van der Waals surface area (Å²) in [5, 5.41) is 45.8. The Morgan fingerprint density at radius 3 is 0.605 bits per heavy atom. The van der Waals surface area contributed by atoms with Crippen LogP contribution in [-0.4, -0.2) is 121 Å². The molecule has 0 radical (unpaired) electrons. The summed E-state index contributed by atoms with van der Waals surface area (Å²) in [4.78, 5) is 24.8. The normalized spacial score (nSPS) is 13.8. The van der Waals surface area contributed by atoms with E-state index in [1.54, 1.807) is 0 Å². The van der Waals surface area contributed by atoms with Crippen LogP contribution in [0.25, 0.3) is 0 Å². The van der Waals surface area contributed by atoms with Gasteiger partial charge in [0.05, 0.1) is 0 Å². The van der Waals surface area contributed by atoms with Gasteiger partial charge in [0, 0.05) is 95.5 Å². The quantitative estimate of drug-likeness (QED) is 0.0385. The largest absolute Gasteiger partial charge is 0.507 e. The number of aliphatic imine (C=N–C) groups is 4. The van der Waals surface area contributed by atoms with Gasteiger partial charge in [-0.05, 0) is 168 Å². The molecule has 0 saturated heterocycles. The first-order valence-electron chi connectivity index (χ1n) is 32.4. The van der Waals surface area contributed by atoms with Gasteiger partial charge in [-0.2, -0.15) is 0 Å². The fourth-order valence-corrected chi connectivity index (χ4v) is 10.6. The van der Waals surface area contributed by atoms with E-state index in [0.717, 1.165) is 122 Å². The lowest BCUT2D eigenvalue weighted by Crippen LogP contribution is -2.31. The molecule has 0 aliphatic heterocycles. The highest BCUT2D eigenvalue weighted by Crippen LogP contribution is 2.41. The topological polar surface area (TPSA) is 137 Å². The summed E-state index contributed by atoms with van der Waals surface area (Å²) in [5.41, 5.74) is 10.4. The van der Waals surface area contributed by atoms with Gasteiger partial charge in [0.2, 0.25) is 0 Å². The van der Waals surface area contributed by atoms with E-state index in [0.29, 0.717) is 49.2 Å². The number of rotatable bonds is 25. The summed E-state index contributed by atoms with van der Waals surface area (Å²) >= 11 is 0. The van der Waals surface area contributed by atoms with Crippen LogP contribution < -0.4 is 0 Å². The molecule has 0 spiro atoms. The second-order valence-corrected chi connectivity index (χ2v) is 32.8. The zero-order valence-corrected chi connectivity index (χ0v) is 58.7. The van der Waals surface area contributed by atoms with E-state index < -0.39 is 0 Å². The van der Waals surface area contributed by atoms with Gasteiger partial charge in [0.15, 0.2) is 0 Å². The Hall–Kier alpha value is -5.32. The van der Waals surface area contributed by atoms with Crippen molar-refractivity contribution in [2.24, 2.45) is 20.0 Å². The maximum absolute atomic E-state index is 11.5. The van der Waals surface area contributed by atoms with Crippen LogP contribution in [0.5, 0.6) is 23.0 Å². The highest BCUT2D eigenvalue weighted by atomic mass is 16.3. The van der Waals surface area contributed by atoms with Gasteiger partial charge in [-0.15, -0.1) is 0 Å². The third kappa shape index (κ3) is 22.4. The van der Waals surface area contributed by atoms with Crippen LogP contribution in [0.2, 0.25) is 0 Å². The summed E-state index contributed by atoms with van der Waals surface area (Å²) in [6.07, 6.45) is 13.1. The van der Waals surface area contributed by atoms with Crippen molar-refractivity contribution in [1.29, 1.82) is 0 Å². The second kappa shape index (κ2) is 29.8. The Bertz CT molecular complexity index is 2560. The van der Waals surface area contributed by atoms with Crippen LogP contribution >= 0.6 is 0 Å². The first-order valence-corrected chi connectivity index (χ1v) is 32.4. The predicted molar refractivity (Wildman–Crippen MR) is 372 cm³/mol. The first kappa shape index (κ1) is 73.2. The lowest BCUT2D eigenvalue weighted by atomic mass is 9.79. The number of aromatic hydroxyl groups is 4. The molecule has 0 atom stereocenters. The van der Waals surface area contributed by atoms with Gasteiger partial charge in [-0.3, -0.25) is 20.0 Å². The number of benzene rings is 4. The molecule has 0 fully saturated rings. The number of phenols is 4. The fourth-order valence-electron chi connectivity index (χ4n) is 10.6. The van der Waals surface area contributed by atoms with E-state index in [-0.39, 0.29) is 43.3 Å². The SMILES string of the molecule is CC(C)(C)c1cc(C=NCCCN(CCCCN(CCCN=Cc2cc(C(C)(C)C)cc(C(C)(C)C)c2O)CCCN=Cc2cc(C(C)(C)C)cc(C(C)(C)C)c2O)CCCN=Cc2cc(C(C)(C)C)cc(C(C)(C)C)c2O)c(O)c(C(C)(C)C)c1. The third-order valence-corrected chi connectivity index (χ3v) is 16.4. The lowest BCUT2D eigenvalue weighted by Gasteiger charge is -2.27. The van der Waals surface area contributed by atoms with Gasteiger partial charge in [0.1, 0.15) is 23.0 Å². The zero-order chi connectivity index (χ0) is 65.0. The molecule has 10 heteroatoms. The Morgan fingerprint density at radius 2 is 0.442 bits per heavy atom. The van der Waals surface area contributed by atoms with E-state index in [2.05, 4.69) is 225 Å². The van der Waals surface area contributed by atoms with Gasteiger partial charge < -0.3 is 30.2 Å². The van der Waals surface area contributed by atoms with Crippen molar-refractivity contribution in [3.05, 3.63) is 115 Å². The van der Waals surface area contributed by atoms with Gasteiger partial charge in [-0.1, -0.05) is 190 Å². The Morgan fingerprint density at radius 1 is 0.267 bits per heavy atom. The smallest absolute Gasteiger partial charge is 0.128 e. The zero-order valence-electron chi connectivity index (χ0n) is 58.7. The van der Waals surface area contributed by atoms with Gasteiger partial charge in [-0.25, -0.2) is 0 Å². The Kier molecular flexibility index (Phi) is 25.3. The maximum atomic E-state index is 11.5. The molecule has 4 aromatic carbocycles. The minimum Gasteiger partial charge on any atom is -0.507 e. The first-order chi connectivity index (χ1) is 39.4. The predicted octanol–water partition coefficient (Wildman–Crippen LogP) is 17.6. The molecule has 86 heavy (non-hydrogen) atoms. The molecule has 4 N–H and O–H groups in total. The van der Waals surface area contributed by atoms with Crippen molar-refractivity contribution in [3.8, 4) is 23.0 Å². The molecule has 0 saturated carbocycles. The molecule has 10 nitrogen and oxygen atoms in total. The van der Waals surface area contributed by atoms with Gasteiger partial charge >= 0.3 is 0 Å². The monoisotopic (exact) mass is 1180 g/mol. The van der Waals surface area contributed by atoms with Crippen LogP contribution in [0.1, 0.15) is 271 Å². The maximum Gasteiger partial charge on any atom is 0.128 e. The number of unbranched alkanes of at least 4 members (excludes halogenated alkanes) is 1. The average Bonchev–Trinajstić information content (AvgIpc) is 1.05. The molecule has 478 valence electrons. The molecule has 0 unspecified atom stereocenters. The van der Waals surface area contributed by atoms with Gasteiger partial charge in [0.25, 0.3) is 0 Å². The van der Waals surface area contributed by atoms with Crippen molar-refractivity contribution >= 4 is 24.9 Å². The number of hydrogen-bond acceptors (Lipinski definition) is 10. The summed E-state index contributed by atoms with van der Waals surface area (Å²) in [6.45, 7) is 60.3. The molecular formula is C76H120N6O4. The molecule has 0 heterocycles. The third-order valence-electron chi connectivity index (χ3n) is 16.4. The van der Waals surface area contributed by atoms with E-state index in [1.807, 2.05) is 24.9 Å². The highest BCUT2D eigenvalue weighted by molar-refractivity contribution is 5.87. The van der Waals surface area contributed by atoms with Crippen molar-refractivity contribution in [2.75, 3.05) is 65.4 Å². The Labute approximate surface area is 524 Å². The summed E-state index contributed by atoms with van der Waals surface area (Å²) in [6, 6.07) is 17.0. The van der Waals surface area contributed by atoms with Crippen molar-refractivity contribution < 1.29 is 20.4 Å². The molecule has 0 aliphatic carbocycles. The number of hydrogen-bond donors (Lipinski definition) is 4. The molecule has 0 aromatic heterocycles. The molecule has 0 amide bonds. The van der Waals surface area contributed by atoms with Crippen LogP contribution in [-0.2, 0) is 43.3 Å². The minimum atomic E-state index is -0.213. The molecule has 4 aromatic rings. The second-order valence-electron chi connectivity index (χ2n) is 32.8. The van der Waals surface area contributed by atoms with Crippen LogP contribution in [0.3, 0.4) is 0 Å². The summed E-state index contributed by atoms with van der Waals surface area (Å²) in [7, 11) is 0. The Balaban J connectivity index is 1.55. The molecule has 0 aliphatic rings. The van der Waals surface area contributed by atoms with E-state index in [9.17, 15) is 20.4 Å². The van der Waals surface area contributed by atoms with E-state index >= 15 is 0 Å². The van der Waals surface area contributed by atoms with Crippen LogP contribution in [0, 0.1) is 0 Å². The van der Waals surface area contributed by atoms with Crippen LogP contribution in [0.15, 0.2) is 68.5 Å². The highest BCUT2D eigenvalue weighted by Gasteiger charge is 2.29. The van der Waals surface area contributed by atoms with Crippen molar-refractivity contribution in [2.45, 2.75) is 248 Å². The lowest BCUT2D eigenvalue weighted by molar-refractivity contribution is 0.237. The molecule has 4 rings (SSSR count). The van der Waals surface area contributed by atoms with E-state index in [4.69, 9.17) is 20.0 Å². The fraction of sp³-hybridized carbons (Fsp3) is 0.632. The standard InChI is InChI=1S/C76H120N6O4/c1-69(2,3)57-41-53(65(83)61(45-57)73(13,14)15)49-77-31-27-37-81(38-28-32-78-50-54-42-58(70(4,5)6)46-62(66(54)84)74(16,17)18)35-25-26-36-82(39-29-33-79-51-55-43-59(71(7,8)9)47-63(67(55)85)75(19,20)21)40-30-34-80-52-56-44-60(72(10,11)12)48-64(68(56)86)76(22,23)24/h41-52,83-86H,25-40H2,1-24H3. The van der Waals surface area contributed by atoms with Crippen LogP contribution in [0.4, 0.5) is 0 Å². The van der Waals surface area contributed by atoms with Crippen molar-refractivity contribution in [3.63, 3.8) is 0 Å². The number of phenolic OH excluding ortho intramolecular Hbond substituents is 4. The van der Waals surface area contributed by atoms with E-state index in [1.165, 1.54) is 22.3 Å². The average molecular weight is 1180 g/mol. The minimum absolute atomic E-state index is 0.0719.